The molecule has 0 aromatic heterocycles. The number of amides is 3. The molecule has 3 rings (SSSR count). The van der Waals surface area contributed by atoms with E-state index < -0.39 is 41.7 Å². The first-order valence-electron chi connectivity index (χ1n) is 14.3. The van der Waals surface area contributed by atoms with Crippen LogP contribution in [0.4, 0.5) is 4.79 Å². The van der Waals surface area contributed by atoms with Crippen molar-refractivity contribution >= 4 is 23.9 Å². The van der Waals surface area contributed by atoms with Crippen LogP contribution in [-0.4, -0.2) is 59.0 Å². The van der Waals surface area contributed by atoms with Gasteiger partial charge in [-0.05, 0) is 57.1 Å². The normalized spacial score (nSPS) is 16.5. The summed E-state index contributed by atoms with van der Waals surface area (Å²) >= 11 is 0. The number of carbonyl (C=O) groups is 4. The van der Waals surface area contributed by atoms with Crippen molar-refractivity contribution in [1.82, 2.24) is 15.5 Å². The van der Waals surface area contributed by atoms with Gasteiger partial charge >= 0.3 is 12.1 Å². The highest BCUT2D eigenvalue weighted by Gasteiger charge is 2.39. The predicted molar refractivity (Wildman–Crippen MR) is 156 cm³/mol. The zero-order valence-electron chi connectivity index (χ0n) is 24.7. The van der Waals surface area contributed by atoms with Gasteiger partial charge in [0.2, 0.25) is 11.8 Å². The van der Waals surface area contributed by atoms with Gasteiger partial charge < -0.3 is 25.0 Å². The Morgan fingerprint density at radius 2 is 1.51 bits per heavy atom. The summed E-state index contributed by atoms with van der Waals surface area (Å²) in [6, 6.07) is 16.2. The number of carbonyl (C=O) groups excluding carboxylic acids is 4. The molecule has 0 spiro atoms. The molecule has 1 saturated heterocycles. The van der Waals surface area contributed by atoms with Crippen molar-refractivity contribution in [2.75, 3.05) is 6.54 Å². The van der Waals surface area contributed by atoms with E-state index in [0.29, 0.717) is 25.8 Å². The highest BCUT2D eigenvalue weighted by Crippen LogP contribution is 2.22. The van der Waals surface area contributed by atoms with E-state index in [9.17, 15) is 19.2 Å². The van der Waals surface area contributed by atoms with Gasteiger partial charge in [-0.1, -0.05) is 74.5 Å². The Kier molecular flexibility index (Phi) is 11.3. The van der Waals surface area contributed by atoms with Crippen LogP contribution in [0.5, 0.6) is 0 Å². The Morgan fingerprint density at radius 1 is 0.902 bits per heavy atom. The van der Waals surface area contributed by atoms with Gasteiger partial charge in [-0.2, -0.15) is 0 Å². The standard InChI is InChI=1S/C32H43N3O6/c1-22(2)19-25(34-31(39)41-32(3,4)5)28(36)33-26(20-23-13-8-6-9-14-23)29(37)35-18-12-17-27(35)30(38)40-21-24-15-10-7-11-16-24/h6-11,13-16,22,25-27H,12,17-21H2,1-5H3,(H,33,36)(H,34,39)/t25-,26+,27-/m0/s1. The average molecular weight is 566 g/mol. The lowest BCUT2D eigenvalue weighted by Crippen LogP contribution is -2.57. The Morgan fingerprint density at radius 3 is 2.10 bits per heavy atom. The van der Waals surface area contributed by atoms with Crippen LogP contribution in [0.2, 0.25) is 0 Å². The predicted octanol–water partition coefficient (Wildman–Crippen LogP) is 4.39. The largest absolute Gasteiger partial charge is 0.459 e. The van der Waals surface area contributed by atoms with Crippen LogP contribution >= 0.6 is 0 Å². The Balaban J connectivity index is 1.77. The van der Waals surface area contributed by atoms with Crippen molar-refractivity contribution in [1.29, 1.82) is 0 Å². The fourth-order valence-electron chi connectivity index (χ4n) is 4.78. The number of likely N-dealkylation sites (tertiary alicyclic amines) is 1. The van der Waals surface area contributed by atoms with E-state index in [-0.39, 0.29) is 24.9 Å². The highest BCUT2D eigenvalue weighted by molar-refractivity contribution is 5.93. The minimum absolute atomic E-state index is 0.0892. The third kappa shape index (κ3) is 10.2. The number of alkyl carbamates (subject to hydrolysis) is 1. The molecule has 2 N–H and O–H groups in total. The number of rotatable bonds is 11. The average Bonchev–Trinajstić information content (AvgIpc) is 3.40. The molecule has 1 fully saturated rings. The molecule has 1 heterocycles. The minimum atomic E-state index is -0.942. The van der Waals surface area contributed by atoms with Gasteiger partial charge in [-0.3, -0.25) is 9.59 Å². The molecule has 222 valence electrons. The second-order valence-electron chi connectivity index (χ2n) is 11.9. The van der Waals surface area contributed by atoms with Crippen LogP contribution in [0, 0.1) is 5.92 Å². The third-order valence-electron chi connectivity index (χ3n) is 6.64. The van der Waals surface area contributed by atoms with Crippen molar-refractivity contribution in [3.8, 4) is 0 Å². The van der Waals surface area contributed by atoms with Gasteiger partial charge in [0, 0.05) is 13.0 Å². The van der Waals surface area contributed by atoms with E-state index in [1.165, 1.54) is 4.90 Å². The summed E-state index contributed by atoms with van der Waals surface area (Å²) in [7, 11) is 0. The Bertz CT molecular complexity index is 1160. The molecule has 9 heteroatoms. The first-order valence-corrected chi connectivity index (χ1v) is 14.3. The van der Waals surface area contributed by atoms with Crippen molar-refractivity contribution < 1.29 is 28.7 Å². The molecule has 0 saturated carbocycles. The lowest BCUT2D eigenvalue weighted by atomic mass is 10.0. The number of nitrogens with zero attached hydrogens (tertiary/aromatic N) is 1. The fraction of sp³-hybridized carbons (Fsp3) is 0.500. The summed E-state index contributed by atoms with van der Waals surface area (Å²) in [5.41, 5.74) is 0.989. The zero-order valence-corrected chi connectivity index (χ0v) is 24.7. The molecule has 2 aromatic rings. The fourth-order valence-corrected chi connectivity index (χ4v) is 4.78. The second kappa shape index (κ2) is 14.7. The van der Waals surface area contributed by atoms with Crippen LogP contribution in [0.3, 0.4) is 0 Å². The SMILES string of the molecule is CC(C)C[C@H](NC(=O)OC(C)(C)C)C(=O)N[C@H](Cc1ccccc1)C(=O)N1CCC[C@H]1C(=O)OCc1ccccc1. The zero-order chi connectivity index (χ0) is 30.0. The highest BCUT2D eigenvalue weighted by atomic mass is 16.6. The number of nitrogens with one attached hydrogen (secondary N) is 2. The molecule has 2 aromatic carbocycles. The van der Waals surface area contributed by atoms with Gasteiger partial charge in [-0.25, -0.2) is 9.59 Å². The van der Waals surface area contributed by atoms with Gasteiger partial charge in [0.1, 0.15) is 30.3 Å². The first kappa shape index (κ1) is 31.6. The lowest BCUT2D eigenvalue weighted by Gasteiger charge is -2.30. The quantitative estimate of drug-likeness (QED) is 0.391. The van der Waals surface area contributed by atoms with E-state index in [2.05, 4.69) is 10.6 Å². The van der Waals surface area contributed by atoms with Gasteiger partial charge in [-0.15, -0.1) is 0 Å². The van der Waals surface area contributed by atoms with E-state index in [4.69, 9.17) is 9.47 Å². The topological polar surface area (TPSA) is 114 Å². The smallest absolute Gasteiger partial charge is 0.408 e. The molecule has 0 bridgehead atoms. The van der Waals surface area contributed by atoms with Gasteiger partial charge in [0.25, 0.3) is 0 Å². The summed E-state index contributed by atoms with van der Waals surface area (Å²) < 4.78 is 10.9. The van der Waals surface area contributed by atoms with E-state index in [1.54, 1.807) is 20.8 Å². The molecular weight excluding hydrogens is 522 g/mol. The number of esters is 1. The number of benzene rings is 2. The molecule has 0 radical (unpaired) electrons. The Hall–Kier alpha value is -3.88. The monoisotopic (exact) mass is 565 g/mol. The van der Waals surface area contributed by atoms with Crippen molar-refractivity contribution in [3.05, 3.63) is 71.8 Å². The maximum Gasteiger partial charge on any atom is 0.408 e. The van der Waals surface area contributed by atoms with Crippen LogP contribution < -0.4 is 10.6 Å². The van der Waals surface area contributed by atoms with Crippen molar-refractivity contribution in [2.24, 2.45) is 5.92 Å². The number of hydrogen-bond donors (Lipinski definition) is 2. The summed E-state index contributed by atoms with van der Waals surface area (Å²) in [5, 5.41) is 5.55. The maximum atomic E-state index is 13.9. The third-order valence-corrected chi connectivity index (χ3v) is 6.64. The summed E-state index contributed by atoms with van der Waals surface area (Å²) in [5.74, 6) is -1.22. The van der Waals surface area contributed by atoms with E-state index in [1.807, 2.05) is 74.5 Å². The molecule has 3 amide bonds. The molecule has 9 nitrogen and oxygen atoms in total. The molecule has 1 aliphatic rings. The molecular formula is C32H43N3O6. The van der Waals surface area contributed by atoms with E-state index >= 15 is 0 Å². The number of ether oxygens (including phenoxy) is 2. The second-order valence-corrected chi connectivity index (χ2v) is 11.9. The molecule has 3 atom stereocenters. The maximum absolute atomic E-state index is 13.9. The molecule has 41 heavy (non-hydrogen) atoms. The molecule has 1 aliphatic heterocycles. The van der Waals surface area contributed by atoms with Crippen molar-refractivity contribution in [2.45, 2.75) is 90.6 Å². The Labute approximate surface area is 243 Å². The van der Waals surface area contributed by atoms with E-state index in [0.717, 1.165) is 11.1 Å². The summed E-state index contributed by atoms with van der Waals surface area (Å²) in [6.07, 6.45) is 1.02. The summed E-state index contributed by atoms with van der Waals surface area (Å²) in [4.78, 5) is 54.5. The van der Waals surface area contributed by atoms with Crippen molar-refractivity contribution in [3.63, 3.8) is 0 Å². The summed E-state index contributed by atoms with van der Waals surface area (Å²) in [6.45, 7) is 9.63. The lowest BCUT2D eigenvalue weighted by molar-refractivity contribution is -0.155. The molecule has 0 unspecified atom stereocenters. The minimum Gasteiger partial charge on any atom is -0.459 e. The van der Waals surface area contributed by atoms with Crippen LogP contribution in [0.15, 0.2) is 60.7 Å². The van der Waals surface area contributed by atoms with Gasteiger partial charge in [0.15, 0.2) is 0 Å². The van der Waals surface area contributed by atoms with Crippen LogP contribution in [0.1, 0.15) is 65.0 Å². The first-order chi connectivity index (χ1) is 19.4. The van der Waals surface area contributed by atoms with Crippen LogP contribution in [0.25, 0.3) is 0 Å². The van der Waals surface area contributed by atoms with Gasteiger partial charge in [0.05, 0.1) is 0 Å². The van der Waals surface area contributed by atoms with Crippen LogP contribution in [-0.2, 0) is 36.9 Å². The number of hydrogen-bond acceptors (Lipinski definition) is 6. The molecule has 0 aliphatic carbocycles.